The number of unbranched alkanes of at least 4 members (excludes halogenated alkanes) is 5. The van der Waals surface area contributed by atoms with Crippen LogP contribution in [0.3, 0.4) is 0 Å². The Kier molecular flexibility index (Phi) is 6.97. The smallest absolute Gasteiger partial charge is 0.119 e. The molecule has 0 saturated heterocycles. The molecule has 0 aliphatic heterocycles. The molecule has 1 aromatic carbocycles. The Bertz CT molecular complexity index is 534. The number of hydrogen-bond donors (Lipinski definition) is 2. The van der Waals surface area contributed by atoms with Crippen molar-refractivity contribution in [1.82, 2.24) is 10.2 Å². The summed E-state index contributed by atoms with van der Waals surface area (Å²) >= 11 is 0. The molecule has 22 heavy (non-hydrogen) atoms. The lowest BCUT2D eigenvalue weighted by Gasteiger charge is -2.06. The first-order valence-corrected chi connectivity index (χ1v) is 8.22. The second kappa shape index (κ2) is 9.26. The molecule has 0 radical (unpaired) electrons. The fourth-order valence-corrected chi connectivity index (χ4v) is 2.38. The summed E-state index contributed by atoms with van der Waals surface area (Å²) in [5.41, 5.74) is 2.58. The van der Waals surface area contributed by atoms with Crippen LogP contribution in [-0.2, 0) is 6.61 Å². The number of aromatic nitrogens is 2. The molecule has 2 N–H and O–H groups in total. The predicted molar refractivity (Wildman–Crippen MR) is 88.8 cm³/mol. The zero-order valence-corrected chi connectivity index (χ0v) is 13.3. The van der Waals surface area contributed by atoms with Crippen LogP contribution in [0.25, 0.3) is 11.3 Å². The summed E-state index contributed by atoms with van der Waals surface area (Å²) in [6.07, 6.45) is 7.64. The van der Waals surface area contributed by atoms with Crippen molar-refractivity contribution in [3.63, 3.8) is 0 Å². The number of hydrogen-bond acceptors (Lipinski definition) is 3. The predicted octanol–water partition coefficient (Wildman–Crippen LogP) is 4.31. The molecule has 1 aromatic heterocycles. The van der Waals surface area contributed by atoms with E-state index in [1.165, 1.54) is 32.1 Å². The highest BCUT2D eigenvalue weighted by molar-refractivity contribution is 5.60. The molecule has 0 unspecified atom stereocenters. The first kappa shape index (κ1) is 16.6. The van der Waals surface area contributed by atoms with Gasteiger partial charge in [0.2, 0.25) is 0 Å². The van der Waals surface area contributed by atoms with Crippen LogP contribution in [0.15, 0.2) is 30.3 Å². The van der Waals surface area contributed by atoms with Crippen molar-refractivity contribution in [1.29, 1.82) is 0 Å². The maximum atomic E-state index is 9.04. The number of nitrogens with one attached hydrogen (secondary N) is 1. The van der Waals surface area contributed by atoms with Gasteiger partial charge in [0.05, 0.1) is 24.6 Å². The Hall–Kier alpha value is -1.81. The van der Waals surface area contributed by atoms with Crippen LogP contribution in [0, 0.1) is 0 Å². The number of aliphatic hydroxyl groups is 1. The molecule has 0 aliphatic carbocycles. The average molecular weight is 302 g/mol. The van der Waals surface area contributed by atoms with Crippen molar-refractivity contribution < 1.29 is 9.84 Å². The molecule has 0 fully saturated rings. The summed E-state index contributed by atoms with van der Waals surface area (Å²) in [6, 6.07) is 9.79. The van der Waals surface area contributed by atoms with Gasteiger partial charge in [0.25, 0.3) is 0 Å². The second-order valence-electron chi connectivity index (χ2n) is 5.58. The Labute approximate surface area is 132 Å². The maximum absolute atomic E-state index is 9.04. The van der Waals surface area contributed by atoms with Gasteiger partial charge < -0.3 is 9.84 Å². The van der Waals surface area contributed by atoms with Gasteiger partial charge in [0, 0.05) is 5.56 Å². The zero-order valence-electron chi connectivity index (χ0n) is 13.3. The molecule has 4 nitrogen and oxygen atoms in total. The highest BCUT2D eigenvalue weighted by Crippen LogP contribution is 2.21. The van der Waals surface area contributed by atoms with Gasteiger partial charge in [-0.1, -0.05) is 39.0 Å². The summed E-state index contributed by atoms with van der Waals surface area (Å²) in [7, 11) is 0. The number of ether oxygens (including phenoxy) is 1. The minimum Gasteiger partial charge on any atom is -0.494 e. The van der Waals surface area contributed by atoms with Gasteiger partial charge in [-0.2, -0.15) is 5.10 Å². The first-order chi connectivity index (χ1) is 10.8. The van der Waals surface area contributed by atoms with E-state index >= 15 is 0 Å². The molecule has 2 rings (SSSR count). The summed E-state index contributed by atoms with van der Waals surface area (Å²) in [4.78, 5) is 0. The molecule has 0 amide bonds. The number of aliphatic hydroxyl groups excluding tert-OH is 1. The first-order valence-electron chi connectivity index (χ1n) is 8.22. The molecule has 1 heterocycles. The van der Waals surface area contributed by atoms with Gasteiger partial charge in [-0.05, 0) is 36.8 Å². The Morgan fingerprint density at radius 2 is 1.77 bits per heavy atom. The number of nitrogens with zero attached hydrogens (tertiary/aromatic N) is 1. The lowest BCUT2D eigenvalue weighted by atomic mass is 10.1. The maximum Gasteiger partial charge on any atom is 0.119 e. The summed E-state index contributed by atoms with van der Waals surface area (Å²) in [5.74, 6) is 0.898. The number of H-pyrrole nitrogens is 1. The van der Waals surface area contributed by atoms with Crippen molar-refractivity contribution >= 4 is 0 Å². The van der Waals surface area contributed by atoms with Gasteiger partial charge in [-0.15, -0.1) is 0 Å². The van der Waals surface area contributed by atoms with Gasteiger partial charge in [-0.25, -0.2) is 0 Å². The van der Waals surface area contributed by atoms with E-state index in [1.54, 1.807) is 0 Å². The van der Waals surface area contributed by atoms with Crippen molar-refractivity contribution in [2.75, 3.05) is 6.61 Å². The monoisotopic (exact) mass is 302 g/mol. The highest BCUT2D eigenvalue weighted by Gasteiger charge is 2.03. The molecule has 2 aromatic rings. The topological polar surface area (TPSA) is 58.1 Å². The molecular weight excluding hydrogens is 276 g/mol. The Morgan fingerprint density at radius 1 is 1.05 bits per heavy atom. The van der Waals surface area contributed by atoms with Gasteiger partial charge in [0.15, 0.2) is 0 Å². The summed E-state index contributed by atoms with van der Waals surface area (Å²) < 4.78 is 5.76. The van der Waals surface area contributed by atoms with E-state index < -0.39 is 0 Å². The van der Waals surface area contributed by atoms with E-state index in [-0.39, 0.29) is 6.61 Å². The van der Waals surface area contributed by atoms with Crippen molar-refractivity contribution in [2.24, 2.45) is 0 Å². The van der Waals surface area contributed by atoms with Crippen molar-refractivity contribution in [2.45, 2.75) is 52.1 Å². The quantitative estimate of drug-likeness (QED) is 0.643. The minimum absolute atomic E-state index is 0.0214. The molecule has 0 spiro atoms. The molecule has 0 bridgehead atoms. The van der Waals surface area contributed by atoms with Crippen LogP contribution in [0.1, 0.15) is 51.1 Å². The lowest BCUT2D eigenvalue weighted by molar-refractivity contribution is 0.276. The third-order valence-corrected chi connectivity index (χ3v) is 3.72. The fourth-order valence-electron chi connectivity index (χ4n) is 2.38. The van der Waals surface area contributed by atoms with Gasteiger partial charge in [0.1, 0.15) is 5.75 Å². The van der Waals surface area contributed by atoms with E-state index in [0.717, 1.165) is 35.7 Å². The van der Waals surface area contributed by atoms with Crippen LogP contribution < -0.4 is 4.74 Å². The van der Waals surface area contributed by atoms with Crippen LogP contribution in [0.4, 0.5) is 0 Å². The third-order valence-electron chi connectivity index (χ3n) is 3.72. The van der Waals surface area contributed by atoms with Crippen molar-refractivity contribution in [3.8, 4) is 17.0 Å². The average Bonchev–Trinajstić information content (AvgIpc) is 3.04. The van der Waals surface area contributed by atoms with Gasteiger partial charge in [-0.3, -0.25) is 5.10 Å². The van der Waals surface area contributed by atoms with Crippen LogP contribution >= 0.6 is 0 Å². The Balaban J connectivity index is 1.72. The fraction of sp³-hybridized carbons (Fsp3) is 0.500. The molecule has 0 saturated carbocycles. The highest BCUT2D eigenvalue weighted by atomic mass is 16.5. The van der Waals surface area contributed by atoms with E-state index in [2.05, 4.69) is 17.1 Å². The van der Waals surface area contributed by atoms with E-state index in [9.17, 15) is 0 Å². The normalized spacial score (nSPS) is 10.8. The van der Waals surface area contributed by atoms with Crippen molar-refractivity contribution in [3.05, 3.63) is 36.0 Å². The molecule has 0 atom stereocenters. The number of rotatable bonds is 10. The standard InChI is InChI=1S/C18H26N2O2/c1-2-3-4-5-6-7-12-22-17-10-8-15(9-11-17)18-13-16(14-21)19-20-18/h8-11,13,21H,2-7,12,14H2,1H3,(H,19,20). The number of benzene rings is 1. The zero-order chi connectivity index (χ0) is 15.6. The van der Waals surface area contributed by atoms with Crippen LogP contribution in [0.2, 0.25) is 0 Å². The van der Waals surface area contributed by atoms with Crippen LogP contribution in [-0.4, -0.2) is 21.9 Å². The van der Waals surface area contributed by atoms with Gasteiger partial charge >= 0.3 is 0 Å². The summed E-state index contributed by atoms with van der Waals surface area (Å²) in [6.45, 7) is 3.00. The van der Waals surface area contributed by atoms with E-state index in [0.29, 0.717) is 0 Å². The lowest BCUT2D eigenvalue weighted by Crippen LogP contribution is -1.97. The second-order valence-corrected chi connectivity index (χ2v) is 5.58. The SMILES string of the molecule is CCCCCCCCOc1ccc(-c2cc(CO)[nH]n2)cc1. The molecule has 0 aliphatic rings. The largest absolute Gasteiger partial charge is 0.494 e. The molecular formula is C18H26N2O2. The minimum atomic E-state index is -0.0214. The van der Waals surface area contributed by atoms with E-state index in [1.807, 2.05) is 30.3 Å². The molecule has 4 heteroatoms. The summed E-state index contributed by atoms with van der Waals surface area (Å²) in [5, 5.41) is 16.0. The Morgan fingerprint density at radius 3 is 2.45 bits per heavy atom. The van der Waals surface area contributed by atoms with Crippen LogP contribution in [0.5, 0.6) is 5.75 Å². The van der Waals surface area contributed by atoms with E-state index in [4.69, 9.17) is 9.84 Å². The third kappa shape index (κ3) is 5.19. The molecule has 120 valence electrons. The number of aromatic amines is 1.